The number of aromatic carboxylic acids is 1. The second-order valence-corrected chi connectivity index (χ2v) is 4.66. The van der Waals surface area contributed by atoms with Crippen LogP contribution in [0.1, 0.15) is 16.1 Å². The molecule has 0 atom stereocenters. The van der Waals surface area contributed by atoms with Gasteiger partial charge in [-0.25, -0.2) is 9.48 Å². The lowest BCUT2D eigenvalue weighted by atomic mass is 10.1. The molecule has 22 heavy (non-hydrogen) atoms. The summed E-state index contributed by atoms with van der Waals surface area (Å²) in [5.41, 5.74) is 2.75. The third kappa shape index (κ3) is 2.45. The number of benzene rings is 2. The Morgan fingerprint density at radius 3 is 2.36 bits per heavy atom. The summed E-state index contributed by atoms with van der Waals surface area (Å²) in [5, 5.41) is 22.2. The van der Waals surface area contributed by atoms with E-state index in [0.29, 0.717) is 11.3 Å². The van der Waals surface area contributed by atoms with Crippen molar-refractivity contribution >= 4 is 5.97 Å². The highest BCUT2D eigenvalue weighted by molar-refractivity contribution is 5.87. The molecule has 0 aliphatic heterocycles. The van der Waals surface area contributed by atoms with E-state index in [1.165, 1.54) is 6.07 Å². The second-order valence-electron chi connectivity index (χ2n) is 4.66. The third-order valence-electron chi connectivity index (χ3n) is 3.24. The lowest BCUT2D eigenvalue weighted by Gasteiger charge is -2.07. The highest BCUT2D eigenvalue weighted by Crippen LogP contribution is 2.24. The van der Waals surface area contributed by atoms with Gasteiger partial charge in [0.15, 0.2) is 5.69 Å². The normalized spacial score (nSPS) is 10.1. The highest BCUT2D eigenvalue weighted by atomic mass is 16.4. The molecule has 0 amide bonds. The molecule has 0 spiro atoms. The zero-order valence-corrected chi connectivity index (χ0v) is 11.5. The second kappa shape index (κ2) is 5.54. The van der Waals surface area contributed by atoms with Gasteiger partial charge in [-0.15, -0.1) is 0 Å². The highest BCUT2D eigenvalue weighted by Gasteiger charge is 2.15. The zero-order chi connectivity index (χ0) is 15.5. The number of nitriles is 1. The molecule has 5 nitrogen and oxygen atoms in total. The van der Waals surface area contributed by atoms with Crippen LogP contribution in [-0.4, -0.2) is 20.9 Å². The van der Waals surface area contributed by atoms with E-state index in [0.717, 1.165) is 11.3 Å². The van der Waals surface area contributed by atoms with Crippen LogP contribution in [0.15, 0.2) is 60.7 Å². The molecular formula is C17H11N3O2. The van der Waals surface area contributed by atoms with E-state index in [9.17, 15) is 9.90 Å². The lowest BCUT2D eigenvalue weighted by Crippen LogP contribution is -2.02. The van der Waals surface area contributed by atoms with Crippen molar-refractivity contribution in [1.29, 1.82) is 5.26 Å². The molecule has 0 aliphatic carbocycles. The average molecular weight is 289 g/mol. The van der Waals surface area contributed by atoms with Crippen molar-refractivity contribution < 1.29 is 9.90 Å². The van der Waals surface area contributed by atoms with Gasteiger partial charge in [-0.2, -0.15) is 10.4 Å². The van der Waals surface area contributed by atoms with Gasteiger partial charge in [0.1, 0.15) is 0 Å². The van der Waals surface area contributed by atoms with E-state index in [1.807, 2.05) is 30.3 Å². The number of para-hydroxylation sites is 1. The summed E-state index contributed by atoms with van der Waals surface area (Å²) in [6, 6.07) is 19.8. The lowest BCUT2D eigenvalue weighted by molar-refractivity contribution is 0.0690. The molecule has 0 radical (unpaired) electrons. The SMILES string of the molecule is N#Cc1ccc(-c2cc(C(=O)O)nn2-c2ccccc2)cc1. The van der Waals surface area contributed by atoms with Gasteiger partial charge in [0.05, 0.1) is 23.0 Å². The van der Waals surface area contributed by atoms with Crippen LogP contribution in [0.3, 0.4) is 0 Å². The van der Waals surface area contributed by atoms with Gasteiger partial charge >= 0.3 is 5.97 Å². The Balaban J connectivity index is 2.17. The topological polar surface area (TPSA) is 78.9 Å². The molecule has 5 heteroatoms. The number of carboxylic acid groups (broad SMARTS) is 1. The maximum Gasteiger partial charge on any atom is 0.356 e. The maximum absolute atomic E-state index is 11.2. The van der Waals surface area contributed by atoms with Crippen LogP contribution < -0.4 is 0 Å². The number of carbonyl (C=O) groups is 1. The van der Waals surface area contributed by atoms with Crippen LogP contribution in [0.4, 0.5) is 0 Å². The number of rotatable bonds is 3. The average Bonchev–Trinajstić information content (AvgIpc) is 3.01. The minimum absolute atomic E-state index is 0.0248. The summed E-state index contributed by atoms with van der Waals surface area (Å²) in [5.74, 6) is -1.08. The van der Waals surface area contributed by atoms with E-state index in [4.69, 9.17) is 5.26 Å². The first-order chi connectivity index (χ1) is 10.7. The van der Waals surface area contributed by atoms with Crippen LogP contribution >= 0.6 is 0 Å². The molecule has 2 aromatic carbocycles. The van der Waals surface area contributed by atoms with E-state index >= 15 is 0 Å². The fraction of sp³-hybridized carbons (Fsp3) is 0. The summed E-state index contributed by atoms with van der Waals surface area (Å²) >= 11 is 0. The fourth-order valence-electron chi connectivity index (χ4n) is 2.17. The Morgan fingerprint density at radius 1 is 1.09 bits per heavy atom. The summed E-state index contributed by atoms with van der Waals surface area (Å²) in [4.78, 5) is 11.2. The van der Waals surface area contributed by atoms with Crippen molar-refractivity contribution in [2.24, 2.45) is 0 Å². The Morgan fingerprint density at radius 2 is 1.77 bits per heavy atom. The Hall–Kier alpha value is -3.39. The van der Waals surface area contributed by atoms with Gasteiger partial charge in [0.2, 0.25) is 0 Å². The number of aromatic nitrogens is 2. The fourth-order valence-corrected chi connectivity index (χ4v) is 2.17. The molecule has 1 heterocycles. The molecule has 3 aromatic rings. The van der Waals surface area contributed by atoms with Crippen LogP contribution in [-0.2, 0) is 0 Å². The van der Waals surface area contributed by atoms with Crippen LogP contribution in [0.5, 0.6) is 0 Å². The van der Waals surface area contributed by atoms with Crippen molar-refractivity contribution in [3.05, 3.63) is 71.9 Å². The smallest absolute Gasteiger partial charge is 0.356 e. The molecule has 0 saturated carbocycles. The summed E-state index contributed by atoms with van der Waals surface area (Å²) in [6.45, 7) is 0. The predicted octanol–water partition coefficient (Wildman–Crippen LogP) is 3.11. The quantitative estimate of drug-likeness (QED) is 0.803. The van der Waals surface area contributed by atoms with Crippen LogP contribution in [0, 0.1) is 11.3 Å². The summed E-state index contributed by atoms with van der Waals surface area (Å²) in [7, 11) is 0. The molecule has 3 rings (SSSR count). The van der Waals surface area contributed by atoms with Gasteiger partial charge in [0, 0.05) is 5.56 Å². The molecule has 1 aromatic heterocycles. The molecular weight excluding hydrogens is 278 g/mol. The first-order valence-corrected chi connectivity index (χ1v) is 6.58. The molecule has 0 aliphatic rings. The van der Waals surface area contributed by atoms with E-state index in [-0.39, 0.29) is 5.69 Å². The van der Waals surface area contributed by atoms with Gasteiger partial charge in [-0.05, 0) is 30.3 Å². The van der Waals surface area contributed by atoms with Crippen molar-refractivity contribution in [3.63, 3.8) is 0 Å². The van der Waals surface area contributed by atoms with E-state index in [2.05, 4.69) is 11.2 Å². The summed E-state index contributed by atoms with van der Waals surface area (Å²) < 4.78 is 1.59. The van der Waals surface area contributed by atoms with Gasteiger partial charge < -0.3 is 5.11 Å². The van der Waals surface area contributed by atoms with Crippen molar-refractivity contribution in [2.75, 3.05) is 0 Å². The van der Waals surface area contributed by atoms with Gasteiger partial charge in [0.25, 0.3) is 0 Å². The number of carboxylic acids is 1. The van der Waals surface area contributed by atoms with Crippen LogP contribution in [0.2, 0.25) is 0 Å². The number of nitrogens with zero attached hydrogens (tertiary/aromatic N) is 3. The molecule has 106 valence electrons. The van der Waals surface area contributed by atoms with Crippen molar-refractivity contribution in [2.45, 2.75) is 0 Å². The summed E-state index contributed by atoms with van der Waals surface area (Å²) in [6.07, 6.45) is 0. The Kier molecular flexibility index (Phi) is 3.42. The van der Waals surface area contributed by atoms with Crippen molar-refractivity contribution in [3.8, 4) is 23.0 Å². The minimum Gasteiger partial charge on any atom is -0.476 e. The first kappa shape index (κ1) is 13.6. The number of hydrogen-bond acceptors (Lipinski definition) is 3. The Bertz CT molecular complexity index is 859. The number of hydrogen-bond donors (Lipinski definition) is 1. The largest absolute Gasteiger partial charge is 0.476 e. The van der Waals surface area contributed by atoms with E-state index in [1.54, 1.807) is 28.9 Å². The zero-order valence-electron chi connectivity index (χ0n) is 11.5. The predicted molar refractivity (Wildman–Crippen MR) is 80.7 cm³/mol. The first-order valence-electron chi connectivity index (χ1n) is 6.58. The van der Waals surface area contributed by atoms with Crippen LogP contribution in [0.25, 0.3) is 16.9 Å². The third-order valence-corrected chi connectivity index (χ3v) is 3.24. The monoisotopic (exact) mass is 289 g/mol. The Labute approximate surface area is 126 Å². The molecule has 0 unspecified atom stereocenters. The maximum atomic E-state index is 11.2. The minimum atomic E-state index is -1.08. The van der Waals surface area contributed by atoms with Crippen molar-refractivity contribution in [1.82, 2.24) is 9.78 Å². The molecule has 0 bridgehead atoms. The molecule has 0 saturated heterocycles. The molecule has 0 fully saturated rings. The van der Waals surface area contributed by atoms with E-state index < -0.39 is 5.97 Å². The molecule has 1 N–H and O–H groups in total. The standard InChI is InChI=1S/C17H11N3O2/c18-11-12-6-8-13(9-7-12)16-10-15(17(21)22)19-20(16)14-4-2-1-3-5-14/h1-10H,(H,21,22). The van der Waals surface area contributed by atoms with Gasteiger partial charge in [-0.3, -0.25) is 0 Å². The van der Waals surface area contributed by atoms with Gasteiger partial charge in [-0.1, -0.05) is 30.3 Å².